The molecule has 0 aromatic heterocycles. The predicted molar refractivity (Wildman–Crippen MR) is 110 cm³/mol. The molecular formula is C23H30N2O4. The van der Waals surface area contributed by atoms with Crippen LogP contribution in [-0.2, 0) is 10.2 Å². The van der Waals surface area contributed by atoms with Gasteiger partial charge in [-0.1, -0.05) is 19.1 Å². The largest absolute Gasteiger partial charge is 0.496 e. The molecule has 1 aliphatic carbocycles. The quantitative estimate of drug-likeness (QED) is 0.592. The lowest BCUT2D eigenvalue weighted by Gasteiger charge is -2.62. The number of rotatable bonds is 3. The Kier molecular flexibility index (Phi) is 3.84. The number of carbonyl (C=O) groups excluding carboxylic acids is 1. The topological polar surface area (TPSA) is 73.2 Å². The Morgan fingerprint density at radius 2 is 2.10 bits per heavy atom. The highest BCUT2D eigenvalue weighted by molar-refractivity contribution is 5.78. The Hall–Kier alpha value is -1.89. The summed E-state index contributed by atoms with van der Waals surface area (Å²) in [5.74, 6) is 0.793. The zero-order valence-corrected chi connectivity index (χ0v) is 17.6. The van der Waals surface area contributed by atoms with E-state index in [1.165, 1.54) is 0 Å². The molecule has 5 rings (SSSR count). The van der Waals surface area contributed by atoms with Crippen LogP contribution in [0.2, 0.25) is 0 Å². The number of hydrogen-bond acceptors (Lipinski definition) is 6. The highest BCUT2D eigenvalue weighted by Crippen LogP contribution is 2.66. The van der Waals surface area contributed by atoms with Crippen LogP contribution in [0.15, 0.2) is 24.3 Å². The number of aryl methyl sites for hydroxylation is 1. The van der Waals surface area contributed by atoms with Gasteiger partial charge in [-0.15, -0.1) is 0 Å². The van der Waals surface area contributed by atoms with Crippen LogP contribution in [0.1, 0.15) is 30.9 Å². The fraction of sp³-hybridized carbons (Fsp3) is 0.609. The number of aldehydes is 1. The number of aliphatic hydroxyl groups excluding tert-OH is 1. The summed E-state index contributed by atoms with van der Waals surface area (Å²) in [4.78, 5) is 16.9. The van der Waals surface area contributed by atoms with Crippen LogP contribution >= 0.6 is 0 Å². The Labute approximate surface area is 171 Å². The number of anilines is 1. The van der Waals surface area contributed by atoms with Gasteiger partial charge in [0.25, 0.3) is 0 Å². The maximum atomic E-state index is 12.4. The molecule has 6 unspecified atom stereocenters. The summed E-state index contributed by atoms with van der Waals surface area (Å²) < 4.78 is 5.57. The van der Waals surface area contributed by atoms with E-state index in [0.29, 0.717) is 12.7 Å². The summed E-state index contributed by atoms with van der Waals surface area (Å²) in [6, 6.07) is 3.70. The molecule has 6 nitrogen and oxygen atoms in total. The van der Waals surface area contributed by atoms with E-state index in [1.54, 1.807) is 7.11 Å². The summed E-state index contributed by atoms with van der Waals surface area (Å²) in [6.45, 7) is 5.80. The Morgan fingerprint density at radius 1 is 1.34 bits per heavy atom. The maximum absolute atomic E-state index is 12.4. The zero-order valence-electron chi connectivity index (χ0n) is 17.6. The first-order chi connectivity index (χ1) is 13.8. The number of ether oxygens (including phenoxy) is 1. The number of fused-ring (bicyclic) bond motifs is 1. The lowest BCUT2D eigenvalue weighted by atomic mass is 9.48. The summed E-state index contributed by atoms with van der Waals surface area (Å²) in [6.07, 6.45) is 5.09. The zero-order chi connectivity index (χ0) is 20.8. The van der Waals surface area contributed by atoms with Crippen LogP contribution in [-0.4, -0.2) is 72.4 Å². The molecule has 3 aliphatic heterocycles. The van der Waals surface area contributed by atoms with Gasteiger partial charge in [0.05, 0.1) is 13.2 Å². The molecule has 4 aliphatic rings. The molecular weight excluding hydrogens is 368 g/mol. The molecule has 2 N–H and O–H groups in total. The highest BCUT2D eigenvalue weighted by atomic mass is 16.5. The van der Waals surface area contributed by atoms with Crippen LogP contribution in [0.4, 0.5) is 5.69 Å². The van der Waals surface area contributed by atoms with Gasteiger partial charge in [0, 0.05) is 42.2 Å². The van der Waals surface area contributed by atoms with Crippen molar-refractivity contribution >= 4 is 12.0 Å². The second-order valence-corrected chi connectivity index (χ2v) is 9.32. The molecule has 1 saturated carbocycles. The van der Waals surface area contributed by atoms with Crippen molar-refractivity contribution in [3.8, 4) is 5.75 Å². The smallest absolute Gasteiger partial charge is 0.167 e. The molecule has 156 valence electrons. The van der Waals surface area contributed by atoms with Crippen molar-refractivity contribution in [1.29, 1.82) is 0 Å². The summed E-state index contributed by atoms with van der Waals surface area (Å²) in [7, 11) is 3.58. The standard InChI is InChI=1S/C23H30N2O4/c1-5-21-7-6-9-25-10-8-22(18(21)25)15-11-14(2)17(29-4)12-16(15)24(3)19(22)23(28,13-26)20(21)27/h6-7,11-13,18-20,27-28H,5,8-10H2,1-4H3. The fourth-order valence-corrected chi connectivity index (χ4v) is 7.37. The number of likely N-dealkylation sites (N-methyl/N-ethyl adjacent to an activating group) is 1. The van der Waals surface area contributed by atoms with Gasteiger partial charge in [0.15, 0.2) is 11.9 Å². The van der Waals surface area contributed by atoms with Gasteiger partial charge in [-0.25, -0.2) is 0 Å². The Morgan fingerprint density at radius 3 is 2.76 bits per heavy atom. The lowest BCUT2D eigenvalue weighted by Crippen LogP contribution is -2.79. The summed E-state index contributed by atoms with van der Waals surface area (Å²) >= 11 is 0. The molecule has 0 amide bonds. The van der Waals surface area contributed by atoms with Gasteiger partial charge in [0.2, 0.25) is 0 Å². The van der Waals surface area contributed by atoms with E-state index in [4.69, 9.17) is 4.74 Å². The molecule has 6 atom stereocenters. The van der Waals surface area contributed by atoms with Crippen LogP contribution in [0.5, 0.6) is 5.75 Å². The molecule has 3 heterocycles. The second kappa shape index (κ2) is 5.84. The van der Waals surface area contributed by atoms with Crippen molar-refractivity contribution in [2.75, 3.05) is 32.1 Å². The highest BCUT2D eigenvalue weighted by Gasteiger charge is 2.76. The number of methoxy groups -OCH3 is 1. The van der Waals surface area contributed by atoms with E-state index in [1.807, 2.05) is 31.9 Å². The second-order valence-electron chi connectivity index (χ2n) is 9.32. The monoisotopic (exact) mass is 398 g/mol. The summed E-state index contributed by atoms with van der Waals surface area (Å²) in [5, 5.41) is 23.3. The fourth-order valence-electron chi connectivity index (χ4n) is 7.37. The average Bonchev–Trinajstić information content (AvgIpc) is 3.23. The van der Waals surface area contributed by atoms with Crippen LogP contribution in [0.3, 0.4) is 0 Å². The van der Waals surface area contributed by atoms with Gasteiger partial charge >= 0.3 is 0 Å². The maximum Gasteiger partial charge on any atom is 0.167 e. The third-order valence-corrected chi connectivity index (χ3v) is 8.40. The van der Waals surface area contributed by atoms with Gasteiger partial charge in [-0.2, -0.15) is 0 Å². The first-order valence-corrected chi connectivity index (χ1v) is 10.5. The molecule has 0 radical (unpaired) electrons. The van der Waals surface area contributed by atoms with Crippen molar-refractivity contribution in [3.05, 3.63) is 35.4 Å². The van der Waals surface area contributed by atoms with Crippen molar-refractivity contribution < 1.29 is 19.7 Å². The molecule has 1 aromatic carbocycles. The number of nitrogens with zero attached hydrogens (tertiary/aromatic N) is 2. The van der Waals surface area contributed by atoms with Crippen molar-refractivity contribution in [3.63, 3.8) is 0 Å². The van der Waals surface area contributed by atoms with Gasteiger partial charge < -0.3 is 19.8 Å². The van der Waals surface area contributed by atoms with Crippen molar-refractivity contribution in [2.45, 2.75) is 55.9 Å². The average molecular weight is 399 g/mol. The molecule has 6 heteroatoms. The minimum atomic E-state index is -1.86. The third kappa shape index (κ3) is 1.91. The third-order valence-electron chi connectivity index (χ3n) is 8.40. The van der Waals surface area contributed by atoms with E-state index < -0.39 is 28.6 Å². The van der Waals surface area contributed by atoms with Crippen molar-refractivity contribution in [2.24, 2.45) is 5.41 Å². The van der Waals surface area contributed by atoms with E-state index >= 15 is 0 Å². The normalized spacial score (nSPS) is 42.4. The van der Waals surface area contributed by atoms with Crippen LogP contribution in [0.25, 0.3) is 0 Å². The first kappa shape index (κ1) is 19.1. The molecule has 29 heavy (non-hydrogen) atoms. The molecule has 2 fully saturated rings. The van der Waals surface area contributed by atoms with E-state index in [0.717, 1.165) is 42.1 Å². The van der Waals surface area contributed by atoms with E-state index in [2.05, 4.69) is 23.1 Å². The number of carbonyl (C=O) groups is 1. The Balaban J connectivity index is 1.86. The minimum Gasteiger partial charge on any atom is -0.496 e. The van der Waals surface area contributed by atoms with E-state index in [9.17, 15) is 15.0 Å². The minimum absolute atomic E-state index is 0.0294. The lowest BCUT2D eigenvalue weighted by molar-refractivity contribution is -0.193. The van der Waals surface area contributed by atoms with Gasteiger partial charge in [0.1, 0.15) is 11.9 Å². The SMILES string of the molecule is CCC12C=CCN3CCC4(c5cc(C)c(OC)cc5N(C)C4C(O)(C=O)C1O)C32. The molecule has 1 saturated heterocycles. The first-order valence-electron chi connectivity index (χ1n) is 10.5. The summed E-state index contributed by atoms with van der Waals surface area (Å²) in [5.41, 5.74) is 0.222. The molecule has 1 spiro atoms. The predicted octanol–water partition coefficient (Wildman–Crippen LogP) is 1.40. The van der Waals surface area contributed by atoms with Crippen molar-refractivity contribution in [1.82, 2.24) is 4.90 Å². The van der Waals surface area contributed by atoms with Crippen LogP contribution < -0.4 is 9.64 Å². The molecule has 0 bridgehead atoms. The van der Waals surface area contributed by atoms with Gasteiger partial charge in [-0.05, 0) is 43.5 Å². The van der Waals surface area contributed by atoms with E-state index in [-0.39, 0.29) is 6.04 Å². The molecule has 1 aromatic rings. The van der Waals surface area contributed by atoms with Gasteiger partial charge in [-0.3, -0.25) is 9.69 Å². The van der Waals surface area contributed by atoms with Crippen LogP contribution in [0, 0.1) is 12.3 Å². The Bertz CT molecular complexity index is 916. The number of benzene rings is 1. The number of hydrogen-bond donors (Lipinski definition) is 2. The number of aliphatic hydroxyl groups is 2.